The first kappa shape index (κ1) is 15.8. The summed E-state index contributed by atoms with van der Waals surface area (Å²) < 4.78 is 0. The maximum Gasteiger partial charge on any atom is 0.258 e. The van der Waals surface area contributed by atoms with Crippen molar-refractivity contribution < 1.29 is 4.79 Å². The average molecular weight is 377 g/mol. The fourth-order valence-corrected chi connectivity index (χ4v) is 5.04. The number of aliphatic imine (C=N–C) groups is 1. The molecule has 0 radical (unpaired) electrons. The summed E-state index contributed by atoms with van der Waals surface area (Å²) in [6.45, 7) is 0. The number of rotatable bonds is 2. The van der Waals surface area contributed by atoms with Crippen LogP contribution < -0.4 is 0 Å². The highest BCUT2D eigenvalue weighted by Gasteiger charge is 2.35. The third kappa shape index (κ3) is 2.66. The number of amides is 1. The van der Waals surface area contributed by atoms with Gasteiger partial charge in [-0.15, -0.1) is 11.3 Å². The number of hydrazone groups is 1. The van der Waals surface area contributed by atoms with Gasteiger partial charge in [-0.05, 0) is 22.2 Å². The van der Waals surface area contributed by atoms with Crippen molar-refractivity contribution >= 4 is 50.7 Å². The van der Waals surface area contributed by atoms with E-state index in [1.54, 1.807) is 11.3 Å². The van der Waals surface area contributed by atoms with Gasteiger partial charge in [-0.1, -0.05) is 60.3 Å². The van der Waals surface area contributed by atoms with Crippen LogP contribution in [0.5, 0.6) is 0 Å². The first-order chi connectivity index (χ1) is 12.8. The second-order valence-electron chi connectivity index (χ2n) is 6.23. The summed E-state index contributed by atoms with van der Waals surface area (Å²) in [5.41, 5.74) is 2.20. The molecule has 0 N–H and O–H groups in total. The predicted octanol–water partition coefficient (Wildman–Crippen LogP) is 4.68. The molecule has 1 unspecified atom stereocenters. The second-order valence-corrected chi connectivity index (χ2v) is 8.15. The zero-order chi connectivity index (χ0) is 17.5. The van der Waals surface area contributed by atoms with Gasteiger partial charge in [0.15, 0.2) is 5.17 Å². The first-order valence-electron chi connectivity index (χ1n) is 8.42. The molecule has 3 heterocycles. The van der Waals surface area contributed by atoms with E-state index in [1.165, 1.54) is 27.4 Å². The van der Waals surface area contributed by atoms with E-state index >= 15 is 0 Å². The Morgan fingerprint density at radius 1 is 1.04 bits per heavy atom. The summed E-state index contributed by atoms with van der Waals surface area (Å²) in [4.78, 5) is 17.1. The molecule has 4 nitrogen and oxygen atoms in total. The second kappa shape index (κ2) is 6.37. The van der Waals surface area contributed by atoms with Crippen molar-refractivity contribution in [1.29, 1.82) is 0 Å². The summed E-state index contributed by atoms with van der Waals surface area (Å²) >= 11 is 3.19. The normalized spacial score (nSPS) is 19.9. The monoisotopic (exact) mass is 377 g/mol. The number of hydrogen-bond donors (Lipinski definition) is 0. The zero-order valence-electron chi connectivity index (χ0n) is 13.8. The van der Waals surface area contributed by atoms with E-state index in [0.29, 0.717) is 10.9 Å². The number of carbonyl (C=O) groups excluding carboxylic acids is 1. The van der Waals surface area contributed by atoms with Crippen LogP contribution in [0.1, 0.15) is 22.9 Å². The molecule has 5 rings (SSSR count). The molecule has 0 saturated heterocycles. The molecular weight excluding hydrogens is 362 g/mol. The van der Waals surface area contributed by atoms with Crippen LogP contribution in [0.4, 0.5) is 0 Å². The van der Waals surface area contributed by atoms with Gasteiger partial charge in [0.1, 0.15) is 0 Å². The van der Waals surface area contributed by atoms with Gasteiger partial charge in [0.2, 0.25) is 0 Å². The van der Waals surface area contributed by atoms with Gasteiger partial charge >= 0.3 is 0 Å². The maximum atomic E-state index is 11.6. The van der Waals surface area contributed by atoms with Crippen molar-refractivity contribution in [2.45, 2.75) is 12.5 Å². The van der Waals surface area contributed by atoms with Crippen LogP contribution in [0.2, 0.25) is 0 Å². The fourth-order valence-electron chi connectivity index (χ4n) is 3.44. The van der Waals surface area contributed by atoms with Crippen LogP contribution in [0.3, 0.4) is 0 Å². The quantitative estimate of drug-likeness (QED) is 0.651. The number of nitrogens with zero attached hydrogens (tertiary/aromatic N) is 3. The Kier molecular flexibility index (Phi) is 3.87. The molecule has 0 bridgehead atoms. The van der Waals surface area contributed by atoms with Crippen LogP contribution in [-0.4, -0.2) is 27.5 Å². The zero-order valence-corrected chi connectivity index (χ0v) is 15.5. The molecule has 1 amide bonds. The van der Waals surface area contributed by atoms with Crippen molar-refractivity contribution in [3.8, 4) is 0 Å². The first-order valence-corrected chi connectivity index (χ1v) is 10.3. The average Bonchev–Trinajstić information content (AvgIpc) is 3.41. The van der Waals surface area contributed by atoms with E-state index < -0.39 is 0 Å². The predicted molar refractivity (Wildman–Crippen MR) is 109 cm³/mol. The maximum absolute atomic E-state index is 11.6. The molecule has 1 atom stereocenters. The van der Waals surface area contributed by atoms with Crippen molar-refractivity contribution in [2.24, 2.45) is 10.1 Å². The third-order valence-corrected chi connectivity index (χ3v) is 6.52. The Morgan fingerprint density at radius 3 is 2.73 bits per heavy atom. The van der Waals surface area contributed by atoms with Crippen LogP contribution >= 0.6 is 23.1 Å². The Balaban J connectivity index is 1.61. The van der Waals surface area contributed by atoms with Crippen LogP contribution in [-0.2, 0) is 4.79 Å². The largest absolute Gasteiger partial charge is 0.272 e. The number of benzene rings is 2. The molecule has 3 aromatic rings. The molecule has 26 heavy (non-hydrogen) atoms. The van der Waals surface area contributed by atoms with Gasteiger partial charge in [-0.3, -0.25) is 4.79 Å². The standard InChI is InChI=1S/C20H15N3OS2/c24-19-12-26-20(21-19)23-17(18-9-4-10-25-18)11-16(22-23)15-8-3-6-13-5-1-2-7-14(13)15/h1-10,17H,11-12H2. The van der Waals surface area contributed by atoms with Crippen LogP contribution in [0.15, 0.2) is 70.1 Å². The number of carbonyl (C=O) groups is 1. The summed E-state index contributed by atoms with van der Waals surface area (Å²) in [5, 5.41) is 12.1. The molecule has 128 valence electrons. The fraction of sp³-hybridized carbons (Fsp3) is 0.150. The van der Waals surface area contributed by atoms with E-state index in [2.05, 4.69) is 65.0 Å². The number of hydrogen-bond acceptors (Lipinski definition) is 5. The molecule has 2 aliphatic heterocycles. The van der Waals surface area contributed by atoms with E-state index in [0.717, 1.165) is 17.7 Å². The molecule has 2 aromatic carbocycles. The van der Waals surface area contributed by atoms with E-state index in [1.807, 2.05) is 5.01 Å². The van der Waals surface area contributed by atoms with Crippen molar-refractivity contribution in [1.82, 2.24) is 5.01 Å². The number of thiophene rings is 1. The molecule has 0 saturated carbocycles. The molecular formula is C20H15N3OS2. The summed E-state index contributed by atoms with van der Waals surface area (Å²) in [5.74, 6) is 0.325. The number of fused-ring (bicyclic) bond motifs is 1. The van der Waals surface area contributed by atoms with Gasteiger partial charge in [-0.25, -0.2) is 5.01 Å². The molecule has 0 fully saturated rings. The summed E-state index contributed by atoms with van der Waals surface area (Å²) in [6, 6.07) is 19.0. The SMILES string of the molecule is O=C1CSC(N2N=C(c3cccc4ccccc34)CC2c2cccs2)=N1. The van der Waals surface area contributed by atoms with E-state index in [-0.39, 0.29) is 11.9 Å². The van der Waals surface area contributed by atoms with Gasteiger partial charge < -0.3 is 0 Å². The summed E-state index contributed by atoms with van der Waals surface area (Å²) in [6.07, 6.45) is 0.808. The smallest absolute Gasteiger partial charge is 0.258 e. The number of thioether (sulfide) groups is 1. The summed E-state index contributed by atoms with van der Waals surface area (Å²) in [7, 11) is 0. The van der Waals surface area contributed by atoms with Gasteiger partial charge in [0, 0.05) is 16.9 Å². The highest BCUT2D eigenvalue weighted by atomic mass is 32.2. The number of amidine groups is 1. The minimum Gasteiger partial charge on any atom is -0.272 e. The van der Waals surface area contributed by atoms with Crippen LogP contribution in [0.25, 0.3) is 10.8 Å². The lowest BCUT2D eigenvalue weighted by molar-refractivity contribution is -0.115. The van der Waals surface area contributed by atoms with Gasteiger partial charge in [0.05, 0.1) is 17.5 Å². The van der Waals surface area contributed by atoms with Crippen molar-refractivity contribution in [3.63, 3.8) is 0 Å². The lowest BCUT2D eigenvalue weighted by Gasteiger charge is -2.21. The van der Waals surface area contributed by atoms with E-state index in [4.69, 9.17) is 5.10 Å². The van der Waals surface area contributed by atoms with Crippen LogP contribution in [0, 0.1) is 0 Å². The van der Waals surface area contributed by atoms with Gasteiger partial charge in [-0.2, -0.15) is 10.1 Å². The lowest BCUT2D eigenvalue weighted by Crippen LogP contribution is -2.23. The molecule has 6 heteroatoms. The highest BCUT2D eigenvalue weighted by molar-refractivity contribution is 8.14. The molecule has 1 aromatic heterocycles. The topological polar surface area (TPSA) is 45.0 Å². The minimum atomic E-state index is -0.0799. The Labute approximate surface area is 159 Å². The van der Waals surface area contributed by atoms with Crippen molar-refractivity contribution in [2.75, 3.05) is 5.75 Å². The molecule has 0 spiro atoms. The molecule has 0 aliphatic carbocycles. The lowest BCUT2D eigenvalue weighted by atomic mass is 9.97. The Hall–Kier alpha value is -2.44. The highest BCUT2D eigenvalue weighted by Crippen LogP contribution is 2.38. The Bertz CT molecular complexity index is 1050. The van der Waals surface area contributed by atoms with Gasteiger partial charge in [0.25, 0.3) is 5.91 Å². The molecule has 2 aliphatic rings. The minimum absolute atomic E-state index is 0.0799. The van der Waals surface area contributed by atoms with E-state index in [9.17, 15) is 4.79 Å². The van der Waals surface area contributed by atoms with Crippen molar-refractivity contribution in [3.05, 3.63) is 70.4 Å². The Morgan fingerprint density at radius 2 is 1.92 bits per heavy atom. The third-order valence-electron chi connectivity index (χ3n) is 4.62.